The number of carbonyl (C=O) groups excluding carboxylic acids is 1. The molecule has 0 bridgehead atoms. The number of nitrogen functional groups attached to an aromatic ring is 1. The van der Waals surface area contributed by atoms with E-state index in [9.17, 15) is 4.79 Å². The average molecular weight is 312 g/mol. The monoisotopic (exact) mass is 311 g/mol. The Morgan fingerprint density at radius 1 is 1.33 bits per heavy atom. The van der Waals surface area contributed by atoms with Gasteiger partial charge < -0.3 is 20.6 Å². The Morgan fingerprint density at radius 2 is 2.00 bits per heavy atom. The number of amides is 1. The number of nitrogens with zero attached hydrogens (tertiary/aromatic N) is 2. The fourth-order valence-electron chi connectivity index (χ4n) is 2.60. The van der Waals surface area contributed by atoms with Gasteiger partial charge >= 0.3 is 0 Å². The largest absolute Gasteiger partial charge is 0.398 e. The van der Waals surface area contributed by atoms with Crippen molar-refractivity contribution < 1.29 is 9.90 Å². The molecule has 116 valence electrons. The summed E-state index contributed by atoms with van der Waals surface area (Å²) in [5, 5.41) is 9.54. The van der Waals surface area contributed by atoms with Crippen molar-refractivity contribution in [2.24, 2.45) is 0 Å². The van der Waals surface area contributed by atoms with Crippen LogP contribution in [0.2, 0.25) is 5.02 Å². The number of nitrogens with two attached hydrogens (primary N) is 1. The van der Waals surface area contributed by atoms with E-state index in [0.717, 1.165) is 25.2 Å². The number of aliphatic hydroxyl groups is 1. The molecule has 1 heterocycles. The van der Waals surface area contributed by atoms with Gasteiger partial charge in [0.15, 0.2) is 0 Å². The topological polar surface area (TPSA) is 69.8 Å². The number of benzene rings is 1. The molecular weight excluding hydrogens is 290 g/mol. The summed E-state index contributed by atoms with van der Waals surface area (Å²) in [6.07, 6.45) is 0.400. The molecule has 0 unspecified atom stereocenters. The normalized spacial score (nSPS) is 16.2. The lowest BCUT2D eigenvalue weighted by Crippen LogP contribution is -2.48. The van der Waals surface area contributed by atoms with Gasteiger partial charge in [-0.05, 0) is 30.7 Å². The molecule has 2 rings (SSSR count). The standard InChI is InChI=1S/C15H22ClN3O2/c1-2-18-4-6-19(7-5-18)15(21)12-10-13(16)14(17)9-11(12)3-8-20/h9-10,20H,2-8,17H2,1H3. The zero-order chi connectivity index (χ0) is 15.4. The van der Waals surface area contributed by atoms with Crippen molar-refractivity contribution in [3.05, 3.63) is 28.3 Å². The Morgan fingerprint density at radius 3 is 2.57 bits per heavy atom. The van der Waals surface area contributed by atoms with Gasteiger partial charge in [-0.3, -0.25) is 4.79 Å². The smallest absolute Gasteiger partial charge is 0.254 e. The summed E-state index contributed by atoms with van der Waals surface area (Å²) < 4.78 is 0. The van der Waals surface area contributed by atoms with E-state index in [1.54, 1.807) is 12.1 Å². The predicted octanol–water partition coefficient (Wildman–Crippen LogP) is 1.23. The maximum absolute atomic E-state index is 12.7. The summed E-state index contributed by atoms with van der Waals surface area (Å²) in [5.74, 6) is -0.0314. The van der Waals surface area contributed by atoms with Crippen LogP contribution in [-0.4, -0.2) is 60.1 Å². The summed E-state index contributed by atoms with van der Waals surface area (Å²) in [4.78, 5) is 16.8. The molecule has 0 saturated carbocycles. The second-order valence-corrected chi connectivity index (χ2v) is 5.64. The van der Waals surface area contributed by atoms with Crippen LogP contribution in [0.15, 0.2) is 12.1 Å². The van der Waals surface area contributed by atoms with Crippen LogP contribution >= 0.6 is 11.6 Å². The minimum absolute atomic E-state index is 0.0229. The zero-order valence-electron chi connectivity index (χ0n) is 12.3. The molecule has 1 aliphatic rings. The van der Waals surface area contributed by atoms with Gasteiger partial charge in [0, 0.05) is 38.3 Å². The second-order valence-electron chi connectivity index (χ2n) is 5.23. The molecule has 21 heavy (non-hydrogen) atoms. The van der Waals surface area contributed by atoms with Crippen LogP contribution in [0.3, 0.4) is 0 Å². The molecule has 1 aliphatic heterocycles. The van der Waals surface area contributed by atoms with Crippen molar-refractivity contribution in [3.8, 4) is 0 Å². The summed E-state index contributed by atoms with van der Waals surface area (Å²) in [6, 6.07) is 3.31. The molecule has 0 atom stereocenters. The molecule has 5 nitrogen and oxygen atoms in total. The maximum Gasteiger partial charge on any atom is 0.254 e. The fourth-order valence-corrected chi connectivity index (χ4v) is 2.76. The lowest BCUT2D eigenvalue weighted by Gasteiger charge is -2.34. The van der Waals surface area contributed by atoms with Gasteiger partial charge in [0.2, 0.25) is 0 Å². The molecule has 0 aromatic heterocycles. The first-order valence-electron chi connectivity index (χ1n) is 7.27. The Labute approximate surface area is 130 Å². The van der Waals surface area contributed by atoms with Crippen molar-refractivity contribution in [1.82, 2.24) is 9.80 Å². The van der Waals surface area contributed by atoms with Gasteiger partial charge in [-0.25, -0.2) is 0 Å². The first kappa shape index (κ1) is 16.1. The highest BCUT2D eigenvalue weighted by Gasteiger charge is 2.23. The van der Waals surface area contributed by atoms with Crippen molar-refractivity contribution in [2.45, 2.75) is 13.3 Å². The van der Waals surface area contributed by atoms with Gasteiger partial charge in [-0.15, -0.1) is 0 Å². The fraction of sp³-hybridized carbons (Fsp3) is 0.533. The van der Waals surface area contributed by atoms with E-state index < -0.39 is 0 Å². The first-order valence-corrected chi connectivity index (χ1v) is 7.65. The van der Waals surface area contributed by atoms with Crippen molar-refractivity contribution in [3.63, 3.8) is 0 Å². The Hall–Kier alpha value is -1.30. The quantitative estimate of drug-likeness (QED) is 0.821. The lowest BCUT2D eigenvalue weighted by molar-refractivity contribution is 0.0642. The number of hydrogen-bond acceptors (Lipinski definition) is 4. The van der Waals surface area contributed by atoms with E-state index in [1.165, 1.54) is 0 Å². The van der Waals surface area contributed by atoms with E-state index in [1.807, 2.05) is 4.90 Å². The van der Waals surface area contributed by atoms with Gasteiger partial charge in [-0.1, -0.05) is 18.5 Å². The van der Waals surface area contributed by atoms with Crippen molar-refractivity contribution in [2.75, 3.05) is 45.1 Å². The summed E-state index contributed by atoms with van der Waals surface area (Å²) >= 11 is 6.05. The molecule has 1 aromatic carbocycles. The highest BCUT2D eigenvalue weighted by molar-refractivity contribution is 6.33. The third-order valence-corrected chi connectivity index (χ3v) is 4.27. The first-order chi connectivity index (χ1) is 10.1. The molecule has 6 heteroatoms. The molecule has 1 saturated heterocycles. The minimum atomic E-state index is -0.0314. The highest BCUT2D eigenvalue weighted by Crippen LogP contribution is 2.25. The number of piperazine rings is 1. The number of halogens is 1. The molecule has 0 aliphatic carbocycles. The summed E-state index contributed by atoms with van der Waals surface area (Å²) in [6.45, 7) is 6.31. The van der Waals surface area contributed by atoms with Crippen LogP contribution in [0, 0.1) is 0 Å². The van der Waals surface area contributed by atoms with Crippen LogP contribution in [0.1, 0.15) is 22.8 Å². The van der Waals surface area contributed by atoms with Crippen LogP contribution < -0.4 is 5.73 Å². The maximum atomic E-state index is 12.7. The van der Waals surface area contributed by atoms with Crippen LogP contribution in [-0.2, 0) is 6.42 Å². The molecule has 1 amide bonds. The highest BCUT2D eigenvalue weighted by atomic mass is 35.5. The van der Waals surface area contributed by atoms with Gasteiger partial charge in [-0.2, -0.15) is 0 Å². The van der Waals surface area contributed by atoms with Crippen LogP contribution in [0.5, 0.6) is 0 Å². The van der Waals surface area contributed by atoms with Crippen LogP contribution in [0.25, 0.3) is 0 Å². The molecule has 0 spiro atoms. The van der Waals surface area contributed by atoms with E-state index in [4.69, 9.17) is 22.4 Å². The van der Waals surface area contributed by atoms with Crippen molar-refractivity contribution in [1.29, 1.82) is 0 Å². The average Bonchev–Trinajstić information content (AvgIpc) is 2.50. The Bertz CT molecular complexity index is 514. The number of hydrogen-bond donors (Lipinski definition) is 2. The van der Waals surface area contributed by atoms with Crippen molar-refractivity contribution >= 4 is 23.2 Å². The number of likely N-dealkylation sites (N-methyl/N-ethyl adjacent to an activating group) is 1. The number of aliphatic hydroxyl groups excluding tert-OH is 1. The van der Waals surface area contributed by atoms with E-state index in [-0.39, 0.29) is 12.5 Å². The number of anilines is 1. The zero-order valence-corrected chi connectivity index (χ0v) is 13.1. The van der Waals surface area contributed by atoms with Crippen LogP contribution in [0.4, 0.5) is 5.69 Å². The van der Waals surface area contributed by atoms with Gasteiger partial charge in [0.1, 0.15) is 0 Å². The number of carbonyl (C=O) groups is 1. The third kappa shape index (κ3) is 3.67. The molecule has 1 fully saturated rings. The Balaban J connectivity index is 2.20. The Kier molecular flexibility index (Phi) is 5.45. The summed E-state index contributed by atoms with van der Waals surface area (Å²) in [5.41, 5.74) is 7.53. The second kappa shape index (κ2) is 7.11. The minimum Gasteiger partial charge on any atom is -0.398 e. The predicted molar refractivity (Wildman–Crippen MR) is 84.7 cm³/mol. The van der Waals surface area contributed by atoms with Gasteiger partial charge in [0.05, 0.1) is 10.7 Å². The SMILES string of the molecule is CCN1CCN(C(=O)c2cc(Cl)c(N)cc2CCO)CC1. The van der Waals surface area contributed by atoms with E-state index in [0.29, 0.717) is 35.8 Å². The van der Waals surface area contributed by atoms with E-state index >= 15 is 0 Å². The number of rotatable bonds is 4. The summed E-state index contributed by atoms with van der Waals surface area (Å²) in [7, 11) is 0. The van der Waals surface area contributed by atoms with Gasteiger partial charge in [0.25, 0.3) is 5.91 Å². The molecule has 0 radical (unpaired) electrons. The van der Waals surface area contributed by atoms with E-state index in [2.05, 4.69) is 11.8 Å². The lowest BCUT2D eigenvalue weighted by atomic mass is 10.0. The molecular formula is C15H22ClN3O2. The molecule has 1 aromatic rings. The third-order valence-electron chi connectivity index (χ3n) is 3.94. The molecule has 3 N–H and O–H groups in total.